The predicted octanol–water partition coefficient (Wildman–Crippen LogP) is 0.834. The highest BCUT2D eigenvalue weighted by atomic mass is 16.3. The first kappa shape index (κ1) is 8.30. The van der Waals surface area contributed by atoms with Crippen LogP contribution >= 0.6 is 0 Å². The quantitative estimate of drug-likeness (QED) is 0.679. The van der Waals surface area contributed by atoms with E-state index in [9.17, 15) is 0 Å². The molecule has 0 amide bonds. The van der Waals surface area contributed by atoms with E-state index in [0.717, 1.165) is 12.2 Å². The molecule has 0 spiro atoms. The first-order valence-electron chi connectivity index (χ1n) is 3.73. The van der Waals surface area contributed by atoms with Gasteiger partial charge in [0.1, 0.15) is 11.5 Å². The lowest BCUT2D eigenvalue weighted by atomic mass is 10.2. The molecule has 0 aliphatic rings. The van der Waals surface area contributed by atoms with E-state index in [1.165, 1.54) is 0 Å². The Morgan fingerprint density at radius 2 is 2.36 bits per heavy atom. The largest absolute Gasteiger partial charge is 0.464 e. The summed E-state index contributed by atoms with van der Waals surface area (Å²) in [6, 6.07) is 3.31. The number of aliphatic hydroxyl groups excluding tert-OH is 1. The molecule has 3 nitrogen and oxygen atoms in total. The van der Waals surface area contributed by atoms with Gasteiger partial charge in [0.15, 0.2) is 0 Å². The summed E-state index contributed by atoms with van der Waals surface area (Å²) in [7, 11) is 0. The lowest BCUT2D eigenvalue weighted by molar-refractivity contribution is 0.250. The van der Waals surface area contributed by atoms with Crippen LogP contribution in [0.4, 0.5) is 0 Å². The van der Waals surface area contributed by atoms with Crippen LogP contribution in [-0.2, 0) is 6.42 Å². The van der Waals surface area contributed by atoms with E-state index in [1.54, 1.807) is 6.07 Å². The first-order chi connectivity index (χ1) is 5.27. The first-order valence-corrected chi connectivity index (χ1v) is 3.73. The second-order valence-corrected chi connectivity index (χ2v) is 2.45. The van der Waals surface area contributed by atoms with Gasteiger partial charge in [-0.3, -0.25) is 0 Å². The summed E-state index contributed by atoms with van der Waals surface area (Å²) < 4.78 is 5.30. The minimum absolute atomic E-state index is 0.0728. The van der Waals surface area contributed by atoms with Crippen molar-refractivity contribution in [2.45, 2.75) is 19.4 Å². The maximum absolute atomic E-state index is 8.69. The molecule has 0 unspecified atom stereocenters. The molecule has 1 aromatic heterocycles. The zero-order chi connectivity index (χ0) is 8.27. The maximum Gasteiger partial charge on any atom is 0.123 e. The fraction of sp³-hybridized carbons (Fsp3) is 0.500. The van der Waals surface area contributed by atoms with E-state index in [2.05, 4.69) is 0 Å². The molecule has 1 atom stereocenters. The Labute approximate surface area is 65.8 Å². The van der Waals surface area contributed by atoms with Crippen molar-refractivity contribution in [1.82, 2.24) is 0 Å². The van der Waals surface area contributed by atoms with Gasteiger partial charge in [0.05, 0.1) is 12.6 Å². The normalized spacial score (nSPS) is 13.4. The van der Waals surface area contributed by atoms with Crippen molar-refractivity contribution in [2.75, 3.05) is 6.61 Å². The summed E-state index contributed by atoms with van der Waals surface area (Å²) in [5.74, 6) is 1.56. The molecule has 62 valence electrons. The SMILES string of the molecule is CCc1ccc([C@H](N)CO)o1. The number of rotatable bonds is 3. The van der Waals surface area contributed by atoms with Gasteiger partial charge >= 0.3 is 0 Å². The van der Waals surface area contributed by atoms with Gasteiger partial charge in [-0.2, -0.15) is 0 Å². The average Bonchev–Trinajstić information content (AvgIpc) is 2.50. The van der Waals surface area contributed by atoms with Crippen LogP contribution in [-0.4, -0.2) is 11.7 Å². The van der Waals surface area contributed by atoms with E-state index in [1.807, 2.05) is 13.0 Å². The number of furan rings is 1. The number of hydrogen-bond donors (Lipinski definition) is 2. The molecule has 0 fully saturated rings. The zero-order valence-electron chi connectivity index (χ0n) is 6.58. The second kappa shape index (κ2) is 3.55. The van der Waals surface area contributed by atoms with Crippen LogP contribution in [0, 0.1) is 0 Å². The fourth-order valence-electron chi connectivity index (χ4n) is 0.874. The van der Waals surface area contributed by atoms with Gasteiger partial charge < -0.3 is 15.3 Å². The Morgan fingerprint density at radius 1 is 1.64 bits per heavy atom. The molecule has 3 heteroatoms. The van der Waals surface area contributed by atoms with E-state index >= 15 is 0 Å². The van der Waals surface area contributed by atoms with Crippen LogP contribution in [0.3, 0.4) is 0 Å². The molecule has 1 heterocycles. The minimum Gasteiger partial charge on any atom is -0.464 e. The van der Waals surface area contributed by atoms with Gasteiger partial charge in [-0.05, 0) is 12.1 Å². The Bertz CT molecular complexity index is 220. The van der Waals surface area contributed by atoms with Crippen molar-refractivity contribution in [1.29, 1.82) is 0 Å². The topological polar surface area (TPSA) is 59.4 Å². The van der Waals surface area contributed by atoms with Crippen molar-refractivity contribution in [3.05, 3.63) is 23.7 Å². The molecular weight excluding hydrogens is 142 g/mol. The molecule has 1 rings (SSSR count). The Hall–Kier alpha value is -0.800. The molecule has 0 aliphatic heterocycles. The van der Waals surface area contributed by atoms with Crippen LogP contribution in [0.25, 0.3) is 0 Å². The lowest BCUT2D eigenvalue weighted by Crippen LogP contribution is -2.13. The molecule has 3 N–H and O–H groups in total. The Balaban J connectivity index is 2.71. The summed E-state index contributed by atoms with van der Waals surface area (Å²) in [5, 5.41) is 8.69. The molecule has 11 heavy (non-hydrogen) atoms. The van der Waals surface area contributed by atoms with E-state index in [4.69, 9.17) is 15.3 Å². The van der Waals surface area contributed by atoms with Gasteiger partial charge in [0, 0.05) is 6.42 Å². The number of aryl methyl sites for hydroxylation is 1. The molecular formula is C8H13NO2. The average molecular weight is 155 g/mol. The van der Waals surface area contributed by atoms with Gasteiger partial charge in [0.25, 0.3) is 0 Å². The molecule has 0 saturated heterocycles. The van der Waals surface area contributed by atoms with Crippen molar-refractivity contribution >= 4 is 0 Å². The summed E-state index contributed by atoms with van der Waals surface area (Å²) in [6.07, 6.45) is 0.859. The Morgan fingerprint density at radius 3 is 2.82 bits per heavy atom. The predicted molar refractivity (Wildman–Crippen MR) is 42.1 cm³/mol. The molecule has 1 aromatic rings. The van der Waals surface area contributed by atoms with Gasteiger partial charge in [-0.15, -0.1) is 0 Å². The van der Waals surface area contributed by atoms with Crippen LogP contribution in [0.15, 0.2) is 16.5 Å². The van der Waals surface area contributed by atoms with Gasteiger partial charge in [-0.25, -0.2) is 0 Å². The van der Waals surface area contributed by atoms with Crippen molar-refractivity contribution in [3.63, 3.8) is 0 Å². The van der Waals surface area contributed by atoms with Crippen molar-refractivity contribution < 1.29 is 9.52 Å². The van der Waals surface area contributed by atoms with Crippen molar-refractivity contribution in [3.8, 4) is 0 Å². The highest BCUT2D eigenvalue weighted by Gasteiger charge is 2.08. The maximum atomic E-state index is 8.69. The number of aliphatic hydroxyl groups is 1. The summed E-state index contributed by atoms with van der Waals surface area (Å²) in [5.41, 5.74) is 5.52. The highest BCUT2D eigenvalue weighted by Crippen LogP contribution is 2.14. The smallest absolute Gasteiger partial charge is 0.123 e. The fourth-order valence-corrected chi connectivity index (χ4v) is 0.874. The van der Waals surface area contributed by atoms with Crippen LogP contribution in [0.2, 0.25) is 0 Å². The van der Waals surface area contributed by atoms with Crippen LogP contribution < -0.4 is 5.73 Å². The standard InChI is InChI=1S/C8H13NO2/c1-2-6-3-4-8(11-6)7(9)5-10/h3-4,7,10H,2,5,9H2,1H3/t7-/m1/s1. The van der Waals surface area contributed by atoms with Crippen LogP contribution in [0.5, 0.6) is 0 Å². The molecule has 0 aliphatic carbocycles. The summed E-state index contributed by atoms with van der Waals surface area (Å²) in [6.45, 7) is 1.93. The molecule has 0 radical (unpaired) electrons. The minimum atomic E-state index is -0.379. The second-order valence-electron chi connectivity index (χ2n) is 2.45. The van der Waals surface area contributed by atoms with Gasteiger partial charge in [-0.1, -0.05) is 6.92 Å². The zero-order valence-corrected chi connectivity index (χ0v) is 6.58. The summed E-state index contributed by atoms with van der Waals surface area (Å²) >= 11 is 0. The number of nitrogens with two attached hydrogens (primary N) is 1. The van der Waals surface area contributed by atoms with Crippen molar-refractivity contribution in [2.24, 2.45) is 5.73 Å². The highest BCUT2D eigenvalue weighted by molar-refractivity contribution is 5.10. The monoisotopic (exact) mass is 155 g/mol. The lowest BCUT2D eigenvalue weighted by Gasteiger charge is -2.02. The van der Waals surface area contributed by atoms with Crippen LogP contribution in [0.1, 0.15) is 24.5 Å². The molecule has 0 bridgehead atoms. The van der Waals surface area contributed by atoms with Gasteiger partial charge in [0.2, 0.25) is 0 Å². The molecule has 0 aromatic carbocycles. The van der Waals surface area contributed by atoms with E-state index in [0.29, 0.717) is 5.76 Å². The Kier molecular flexibility index (Phi) is 2.68. The number of hydrogen-bond acceptors (Lipinski definition) is 3. The van der Waals surface area contributed by atoms with E-state index < -0.39 is 0 Å². The summed E-state index contributed by atoms with van der Waals surface area (Å²) in [4.78, 5) is 0. The third kappa shape index (κ3) is 1.82. The third-order valence-electron chi connectivity index (χ3n) is 1.59. The molecule has 0 saturated carbocycles. The third-order valence-corrected chi connectivity index (χ3v) is 1.59. The van der Waals surface area contributed by atoms with E-state index in [-0.39, 0.29) is 12.6 Å².